The zero-order valence-electron chi connectivity index (χ0n) is 14.9. The van der Waals surface area contributed by atoms with Crippen LogP contribution in [0.1, 0.15) is 12.0 Å². The minimum absolute atomic E-state index is 0.00883. The molecule has 6 nitrogen and oxygen atoms in total. The second kappa shape index (κ2) is 8.12. The molecule has 0 aliphatic carbocycles. The maximum atomic E-state index is 11.8. The van der Waals surface area contributed by atoms with Crippen molar-refractivity contribution < 1.29 is 9.53 Å². The lowest BCUT2D eigenvalue weighted by Gasteiger charge is -2.14. The summed E-state index contributed by atoms with van der Waals surface area (Å²) >= 11 is 12.2. The molecule has 0 bridgehead atoms. The first-order chi connectivity index (χ1) is 13.6. The van der Waals surface area contributed by atoms with Gasteiger partial charge in [0.1, 0.15) is 12.6 Å². The number of halogens is 2. The Balaban J connectivity index is 1.41. The van der Waals surface area contributed by atoms with Gasteiger partial charge in [0.25, 0.3) is 0 Å². The average Bonchev–Trinajstić information content (AvgIpc) is 3.32. The van der Waals surface area contributed by atoms with Crippen molar-refractivity contribution in [2.45, 2.75) is 19.1 Å². The van der Waals surface area contributed by atoms with Gasteiger partial charge in [0.2, 0.25) is 11.8 Å². The second-order valence-electron chi connectivity index (χ2n) is 6.45. The highest BCUT2D eigenvalue weighted by Crippen LogP contribution is 2.25. The molecule has 1 amide bonds. The number of nitrogens with zero attached hydrogens (tertiary/aromatic N) is 2. The predicted molar refractivity (Wildman–Crippen MR) is 109 cm³/mol. The Bertz CT molecular complexity index is 988. The Hall–Kier alpha value is -2.70. The van der Waals surface area contributed by atoms with Gasteiger partial charge in [0, 0.05) is 23.8 Å². The van der Waals surface area contributed by atoms with Crippen LogP contribution < -0.4 is 15.4 Å². The zero-order chi connectivity index (χ0) is 19.5. The number of nitrogens with one attached hydrogen (secondary N) is 2. The van der Waals surface area contributed by atoms with Crippen LogP contribution in [0.2, 0.25) is 10.0 Å². The molecule has 1 fully saturated rings. The maximum absolute atomic E-state index is 11.8. The Morgan fingerprint density at radius 1 is 1.18 bits per heavy atom. The van der Waals surface area contributed by atoms with Gasteiger partial charge in [0.05, 0.1) is 16.4 Å². The molecule has 144 valence electrons. The number of hydrogen-bond donors (Lipinski definition) is 2. The molecule has 3 aromatic rings. The van der Waals surface area contributed by atoms with Crippen molar-refractivity contribution in [3.63, 3.8) is 0 Å². The first kappa shape index (κ1) is 18.7. The lowest BCUT2D eigenvalue weighted by atomic mass is 10.2. The van der Waals surface area contributed by atoms with Crippen molar-refractivity contribution in [3.8, 4) is 11.6 Å². The normalized spacial score (nSPS) is 16.1. The van der Waals surface area contributed by atoms with E-state index in [1.165, 1.54) is 0 Å². The minimum atomic E-state index is -0.260. The van der Waals surface area contributed by atoms with Gasteiger partial charge in [-0.1, -0.05) is 29.3 Å². The summed E-state index contributed by atoms with van der Waals surface area (Å²) in [6.07, 6.45) is 2.56. The van der Waals surface area contributed by atoms with E-state index in [0.29, 0.717) is 29.1 Å². The number of carbonyl (C=O) groups excluding carboxylic acids is 1. The van der Waals surface area contributed by atoms with E-state index in [2.05, 4.69) is 15.7 Å². The van der Waals surface area contributed by atoms with Gasteiger partial charge in [-0.2, -0.15) is 0 Å². The summed E-state index contributed by atoms with van der Waals surface area (Å²) in [7, 11) is 0. The van der Waals surface area contributed by atoms with Crippen LogP contribution in [-0.2, 0) is 11.4 Å². The average molecular weight is 417 g/mol. The third kappa shape index (κ3) is 4.24. The second-order valence-corrected chi connectivity index (χ2v) is 7.30. The van der Waals surface area contributed by atoms with Crippen molar-refractivity contribution in [1.82, 2.24) is 15.1 Å². The lowest BCUT2D eigenvalue weighted by molar-refractivity contribution is -0.119. The summed E-state index contributed by atoms with van der Waals surface area (Å²) in [6.45, 7) is 1.01. The predicted octanol–water partition coefficient (Wildman–Crippen LogP) is 4.06. The quantitative estimate of drug-likeness (QED) is 0.635. The van der Waals surface area contributed by atoms with Crippen LogP contribution in [0.3, 0.4) is 0 Å². The topological polar surface area (TPSA) is 68.2 Å². The number of aromatic nitrogens is 2. The summed E-state index contributed by atoms with van der Waals surface area (Å²) < 4.78 is 7.52. The fraction of sp³-hybridized carbons (Fsp3) is 0.200. The highest BCUT2D eigenvalue weighted by atomic mass is 35.5. The van der Waals surface area contributed by atoms with Gasteiger partial charge in [-0.25, -0.2) is 4.68 Å². The zero-order valence-corrected chi connectivity index (χ0v) is 16.4. The first-order valence-electron chi connectivity index (χ1n) is 8.85. The summed E-state index contributed by atoms with van der Waals surface area (Å²) in [6, 6.07) is 14.5. The molecule has 0 spiro atoms. The summed E-state index contributed by atoms with van der Waals surface area (Å²) in [5, 5.41) is 11.7. The number of anilines is 1. The van der Waals surface area contributed by atoms with Gasteiger partial charge in [0.15, 0.2) is 0 Å². The van der Waals surface area contributed by atoms with E-state index in [1.807, 2.05) is 42.6 Å². The van der Waals surface area contributed by atoms with Crippen molar-refractivity contribution in [2.24, 2.45) is 0 Å². The molecule has 0 radical (unpaired) electrons. The molecule has 0 saturated carbocycles. The Labute approximate surface area is 172 Å². The number of ether oxygens (including phenoxy) is 1. The Morgan fingerprint density at radius 2 is 2.00 bits per heavy atom. The van der Waals surface area contributed by atoms with E-state index in [0.717, 1.165) is 23.4 Å². The smallest absolute Gasteiger partial charge is 0.242 e. The van der Waals surface area contributed by atoms with Gasteiger partial charge in [-0.05, 0) is 48.4 Å². The van der Waals surface area contributed by atoms with E-state index >= 15 is 0 Å². The van der Waals surface area contributed by atoms with Gasteiger partial charge >= 0.3 is 0 Å². The highest BCUT2D eigenvalue weighted by Gasteiger charge is 2.24. The largest absolute Gasteiger partial charge is 0.472 e. The van der Waals surface area contributed by atoms with Crippen LogP contribution in [-0.4, -0.2) is 28.3 Å². The molecule has 2 N–H and O–H groups in total. The van der Waals surface area contributed by atoms with Crippen molar-refractivity contribution in [3.05, 3.63) is 70.3 Å². The third-order valence-electron chi connectivity index (χ3n) is 4.45. The summed E-state index contributed by atoms with van der Waals surface area (Å²) in [4.78, 5) is 11.8. The third-order valence-corrected chi connectivity index (χ3v) is 5.03. The fourth-order valence-corrected chi connectivity index (χ4v) is 3.27. The molecule has 2 aromatic carbocycles. The van der Waals surface area contributed by atoms with E-state index in [9.17, 15) is 4.79 Å². The van der Waals surface area contributed by atoms with Crippen LogP contribution in [0.15, 0.2) is 54.7 Å². The van der Waals surface area contributed by atoms with Crippen LogP contribution in [0, 0.1) is 0 Å². The first-order valence-corrected chi connectivity index (χ1v) is 9.61. The van der Waals surface area contributed by atoms with E-state index < -0.39 is 0 Å². The number of benzene rings is 2. The van der Waals surface area contributed by atoms with Crippen LogP contribution in [0.5, 0.6) is 5.88 Å². The number of hydrogen-bond acceptors (Lipinski definition) is 4. The van der Waals surface area contributed by atoms with E-state index in [1.54, 1.807) is 16.8 Å². The molecule has 1 atom stereocenters. The van der Waals surface area contributed by atoms with Crippen LogP contribution >= 0.6 is 23.2 Å². The van der Waals surface area contributed by atoms with Gasteiger partial charge in [-0.3, -0.25) is 4.79 Å². The highest BCUT2D eigenvalue weighted by molar-refractivity contribution is 6.33. The van der Waals surface area contributed by atoms with Gasteiger partial charge in [-0.15, -0.1) is 5.10 Å². The molecule has 1 unspecified atom stereocenters. The number of carbonyl (C=O) groups is 1. The molecule has 1 aromatic heterocycles. The maximum Gasteiger partial charge on any atom is 0.242 e. The Morgan fingerprint density at radius 3 is 2.75 bits per heavy atom. The number of amides is 1. The minimum Gasteiger partial charge on any atom is -0.472 e. The summed E-state index contributed by atoms with van der Waals surface area (Å²) in [5.41, 5.74) is 2.54. The van der Waals surface area contributed by atoms with Gasteiger partial charge < -0.3 is 15.4 Å². The van der Waals surface area contributed by atoms with E-state index in [-0.39, 0.29) is 11.9 Å². The summed E-state index contributed by atoms with van der Waals surface area (Å²) in [5.74, 6) is 0.500. The van der Waals surface area contributed by atoms with Crippen molar-refractivity contribution >= 4 is 34.8 Å². The fourth-order valence-electron chi connectivity index (χ4n) is 2.97. The molecule has 1 saturated heterocycles. The number of rotatable bonds is 6. The SMILES string of the molecule is O=C1NCCC1Nc1cc(COc2ccn(-c3ccc(Cl)cc3)n2)ccc1Cl. The van der Waals surface area contributed by atoms with Crippen molar-refractivity contribution in [2.75, 3.05) is 11.9 Å². The molecular weight excluding hydrogens is 399 g/mol. The standard InChI is InChI=1S/C20H18Cl2N4O2/c21-14-2-4-15(5-3-14)26-10-8-19(25-26)28-12-13-1-6-16(22)18(11-13)24-17-7-9-23-20(17)27/h1-6,8,10-11,17,24H,7,9,12H2,(H,23,27). The molecule has 1 aliphatic heterocycles. The molecule has 8 heteroatoms. The van der Waals surface area contributed by atoms with Crippen LogP contribution in [0.25, 0.3) is 5.69 Å². The monoisotopic (exact) mass is 416 g/mol. The van der Waals surface area contributed by atoms with E-state index in [4.69, 9.17) is 27.9 Å². The molecule has 4 rings (SSSR count). The molecular formula is C20H18Cl2N4O2. The lowest BCUT2D eigenvalue weighted by Crippen LogP contribution is -2.29. The molecule has 28 heavy (non-hydrogen) atoms. The molecule has 1 aliphatic rings. The van der Waals surface area contributed by atoms with Crippen LogP contribution in [0.4, 0.5) is 5.69 Å². The van der Waals surface area contributed by atoms with Crippen molar-refractivity contribution in [1.29, 1.82) is 0 Å². The Kier molecular flexibility index (Phi) is 5.41. The molecule has 2 heterocycles.